The number of carbonyl (C=O) groups is 1. The maximum Gasteiger partial charge on any atom is 0.407 e. The van der Waals surface area contributed by atoms with Crippen LogP contribution in [-0.2, 0) is 4.79 Å². The van der Waals surface area contributed by atoms with Crippen LogP contribution in [0.25, 0.3) is 0 Å². The molecule has 2 rings (SSSR count). The van der Waals surface area contributed by atoms with Gasteiger partial charge >= 0.3 is 6.18 Å². The molecule has 0 saturated heterocycles. The van der Waals surface area contributed by atoms with Crippen molar-refractivity contribution in [1.29, 1.82) is 0 Å². The van der Waals surface area contributed by atoms with Gasteiger partial charge in [-0.25, -0.2) is 0 Å². The van der Waals surface area contributed by atoms with Gasteiger partial charge in [0.1, 0.15) is 6.04 Å². The third kappa shape index (κ3) is 6.05. The second kappa shape index (κ2) is 9.75. The molecule has 158 valence electrons. The van der Waals surface area contributed by atoms with Gasteiger partial charge in [0, 0.05) is 0 Å². The maximum atomic E-state index is 13.5. The first-order valence-electron chi connectivity index (χ1n) is 8.03. The quantitative estimate of drug-likeness (QED) is 0.524. The third-order valence-corrected chi connectivity index (χ3v) is 4.85. The summed E-state index contributed by atoms with van der Waals surface area (Å²) in [5.41, 5.74) is -0.0157. The number of methoxy groups -OCH3 is 2. The fraction of sp³-hybridized carbons (Fsp3) is 0.278. The highest BCUT2D eigenvalue weighted by atomic mass is 35.5. The van der Waals surface area contributed by atoms with E-state index in [0.717, 1.165) is 0 Å². The van der Waals surface area contributed by atoms with Crippen molar-refractivity contribution in [3.63, 3.8) is 0 Å². The molecule has 0 aromatic heterocycles. The highest BCUT2D eigenvalue weighted by molar-refractivity contribution is 6.44. The number of carbonyl (C=O) groups excluding carboxylic acids is 1. The van der Waals surface area contributed by atoms with Crippen molar-refractivity contribution in [3.05, 3.63) is 51.0 Å². The zero-order valence-corrected chi connectivity index (χ0v) is 17.4. The Bertz CT molecular complexity index is 895. The molecule has 5 nitrogen and oxygen atoms in total. The maximum absolute atomic E-state index is 13.5. The van der Waals surface area contributed by atoms with E-state index in [1.54, 1.807) is 0 Å². The Labute approximate surface area is 180 Å². The molecule has 0 aliphatic heterocycles. The highest BCUT2D eigenvalue weighted by Crippen LogP contribution is 2.37. The number of anilines is 1. The smallest absolute Gasteiger partial charge is 0.407 e. The third-order valence-electron chi connectivity index (χ3n) is 3.82. The molecule has 0 fully saturated rings. The molecule has 0 aliphatic carbocycles. The molecule has 1 atom stereocenters. The van der Waals surface area contributed by atoms with Crippen LogP contribution in [0, 0.1) is 0 Å². The summed E-state index contributed by atoms with van der Waals surface area (Å²) in [6.07, 6.45) is -4.67. The molecular weight excluding hydrogens is 456 g/mol. The number of rotatable bonds is 7. The molecule has 1 amide bonds. The van der Waals surface area contributed by atoms with Gasteiger partial charge in [-0.1, -0.05) is 40.9 Å². The molecule has 29 heavy (non-hydrogen) atoms. The lowest BCUT2D eigenvalue weighted by Crippen LogP contribution is -2.38. The summed E-state index contributed by atoms with van der Waals surface area (Å²) in [7, 11) is 2.68. The van der Waals surface area contributed by atoms with E-state index in [2.05, 4.69) is 10.6 Å². The fourth-order valence-corrected chi connectivity index (χ4v) is 3.06. The van der Waals surface area contributed by atoms with Gasteiger partial charge in [-0.3, -0.25) is 10.1 Å². The van der Waals surface area contributed by atoms with E-state index >= 15 is 0 Å². The SMILES string of the molecule is COc1ccc([C@H](NCC(=O)Nc2cc(Cl)c(Cl)cc2Cl)C(F)(F)F)cc1OC. The number of ether oxygens (including phenoxy) is 2. The molecule has 0 spiro atoms. The van der Waals surface area contributed by atoms with Crippen molar-refractivity contribution >= 4 is 46.4 Å². The molecule has 2 aromatic carbocycles. The van der Waals surface area contributed by atoms with Gasteiger partial charge in [-0.15, -0.1) is 0 Å². The Kier molecular flexibility index (Phi) is 7.87. The normalized spacial score (nSPS) is 12.4. The van der Waals surface area contributed by atoms with Crippen LogP contribution in [0.5, 0.6) is 11.5 Å². The Balaban J connectivity index is 2.16. The van der Waals surface area contributed by atoms with Gasteiger partial charge in [0.25, 0.3) is 0 Å². The largest absolute Gasteiger partial charge is 0.493 e. The van der Waals surface area contributed by atoms with Crippen LogP contribution in [0.4, 0.5) is 18.9 Å². The molecule has 11 heteroatoms. The van der Waals surface area contributed by atoms with E-state index in [0.29, 0.717) is 0 Å². The molecule has 0 radical (unpaired) electrons. The van der Waals surface area contributed by atoms with Gasteiger partial charge in [-0.2, -0.15) is 13.2 Å². The minimum absolute atomic E-state index is 0.0972. The van der Waals surface area contributed by atoms with E-state index < -0.39 is 24.7 Å². The van der Waals surface area contributed by atoms with Crippen LogP contribution in [0.3, 0.4) is 0 Å². The number of hydrogen-bond acceptors (Lipinski definition) is 4. The average Bonchev–Trinajstić information content (AvgIpc) is 2.65. The highest BCUT2D eigenvalue weighted by Gasteiger charge is 2.41. The zero-order valence-electron chi connectivity index (χ0n) is 15.2. The zero-order chi connectivity index (χ0) is 21.8. The Morgan fingerprint density at radius 1 is 1.00 bits per heavy atom. The fourth-order valence-electron chi connectivity index (χ4n) is 2.46. The second-order valence-corrected chi connectivity index (χ2v) is 6.99. The Hall–Kier alpha value is -1.87. The summed E-state index contributed by atoms with van der Waals surface area (Å²) in [6, 6.07) is 4.29. The number of nitrogens with one attached hydrogen (secondary N) is 2. The molecule has 0 aliphatic rings. The lowest BCUT2D eigenvalue weighted by Gasteiger charge is -2.23. The first-order chi connectivity index (χ1) is 13.6. The van der Waals surface area contributed by atoms with Gasteiger partial charge in [0.05, 0.1) is 41.5 Å². The predicted octanol–water partition coefficient (Wildman–Crippen LogP) is 5.50. The summed E-state index contributed by atoms with van der Waals surface area (Å²) in [6.45, 7) is -0.644. The summed E-state index contributed by atoms with van der Waals surface area (Å²) in [5.74, 6) is -0.336. The summed E-state index contributed by atoms with van der Waals surface area (Å²) in [4.78, 5) is 12.1. The summed E-state index contributed by atoms with van der Waals surface area (Å²) >= 11 is 17.6. The summed E-state index contributed by atoms with van der Waals surface area (Å²) < 4.78 is 50.7. The van der Waals surface area contributed by atoms with Gasteiger partial charge < -0.3 is 14.8 Å². The van der Waals surface area contributed by atoms with E-state index in [-0.39, 0.29) is 37.8 Å². The summed E-state index contributed by atoms with van der Waals surface area (Å²) in [5, 5.41) is 5.00. The van der Waals surface area contributed by atoms with E-state index in [9.17, 15) is 18.0 Å². The van der Waals surface area contributed by atoms with Gasteiger partial charge in [0.15, 0.2) is 11.5 Å². The minimum atomic E-state index is -4.67. The number of benzene rings is 2. The predicted molar refractivity (Wildman–Crippen MR) is 106 cm³/mol. The first kappa shape index (κ1) is 23.4. The molecule has 0 saturated carbocycles. The number of alkyl halides is 3. The van der Waals surface area contributed by atoms with Crippen LogP contribution in [0.1, 0.15) is 11.6 Å². The topological polar surface area (TPSA) is 59.6 Å². The van der Waals surface area contributed by atoms with Crippen LogP contribution in [0.15, 0.2) is 30.3 Å². The first-order valence-corrected chi connectivity index (χ1v) is 9.16. The minimum Gasteiger partial charge on any atom is -0.493 e. The molecule has 0 bridgehead atoms. The lowest BCUT2D eigenvalue weighted by molar-refractivity contribution is -0.158. The van der Waals surface area contributed by atoms with Crippen molar-refractivity contribution in [2.45, 2.75) is 12.2 Å². The lowest BCUT2D eigenvalue weighted by atomic mass is 10.1. The number of halogens is 6. The van der Waals surface area contributed by atoms with Crippen molar-refractivity contribution in [2.24, 2.45) is 0 Å². The van der Waals surface area contributed by atoms with Crippen molar-refractivity contribution in [3.8, 4) is 11.5 Å². The molecule has 2 aromatic rings. The Morgan fingerprint density at radius 3 is 2.21 bits per heavy atom. The van der Waals surface area contributed by atoms with Crippen LogP contribution >= 0.6 is 34.8 Å². The standard InChI is InChI=1S/C18H16Cl3F3N2O3/c1-28-14-4-3-9(5-15(14)29-2)17(18(22,23)24)25-8-16(27)26-13-7-11(20)10(19)6-12(13)21/h3-7,17,25H,8H2,1-2H3,(H,26,27)/t17-/m0/s1. The monoisotopic (exact) mass is 470 g/mol. The van der Waals surface area contributed by atoms with Crippen molar-refractivity contribution < 1.29 is 27.4 Å². The molecule has 2 N–H and O–H groups in total. The Morgan fingerprint density at radius 2 is 1.62 bits per heavy atom. The van der Waals surface area contributed by atoms with Crippen LogP contribution in [-0.4, -0.2) is 32.8 Å². The van der Waals surface area contributed by atoms with Crippen LogP contribution in [0.2, 0.25) is 15.1 Å². The molecule has 0 heterocycles. The van der Waals surface area contributed by atoms with Crippen LogP contribution < -0.4 is 20.1 Å². The van der Waals surface area contributed by atoms with E-state index in [1.165, 1.54) is 44.6 Å². The number of amides is 1. The van der Waals surface area contributed by atoms with Gasteiger partial charge in [0.2, 0.25) is 5.91 Å². The van der Waals surface area contributed by atoms with Crippen molar-refractivity contribution in [1.82, 2.24) is 5.32 Å². The van der Waals surface area contributed by atoms with Gasteiger partial charge in [-0.05, 0) is 29.8 Å². The average molecular weight is 472 g/mol. The van der Waals surface area contributed by atoms with E-state index in [1.807, 2.05) is 0 Å². The van der Waals surface area contributed by atoms with E-state index in [4.69, 9.17) is 44.3 Å². The second-order valence-electron chi connectivity index (χ2n) is 5.76. The number of hydrogen-bond donors (Lipinski definition) is 2. The molecular formula is C18H16Cl3F3N2O3. The van der Waals surface area contributed by atoms with Crippen molar-refractivity contribution in [2.75, 3.05) is 26.1 Å². The molecule has 0 unspecified atom stereocenters.